The first-order valence-electron chi connectivity index (χ1n) is 7.21. The van der Waals surface area contributed by atoms with E-state index < -0.39 is 6.61 Å². The van der Waals surface area contributed by atoms with Gasteiger partial charge in [0.1, 0.15) is 27.9 Å². The minimum absolute atomic E-state index is 0.0218. The van der Waals surface area contributed by atoms with Crippen LogP contribution >= 0.6 is 11.3 Å². The first-order chi connectivity index (χ1) is 12.0. The number of halogens is 2. The number of hydrogen-bond donors (Lipinski definition) is 0. The van der Waals surface area contributed by atoms with Gasteiger partial charge in [-0.25, -0.2) is 15.0 Å². The summed E-state index contributed by atoms with van der Waals surface area (Å²) < 4.78 is 30.6. The van der Waals surface area contributed by atoms with Crippen molar-refractivity contribution >= 4 is 31.8 Å². The van der Waals surface area contributed by atoms with E-state index in [1.807, 2.05) is 6.92 Å². The molecule has 0 saturated carbocycles. The van der Waals surface area contributed by atoms with Crippen LogP contribution in [0, 0.1) is 6.92 Å². The highest BCUT2D eigenvalue weighted by Gasteiger charge is 2.15. The molecule has 4 aromatic rings. The van der Waals surface area contributed by atoms with Gasteiger partial charge < -0.3 is 4.74 Å². The fourth-order valence-corrected chi connectivity index (χ4v) is 3.65. The third-order valence-corrected chi connectivity index (χ3v) is 4.78. The molecule has 4 rings (SSSR count). The number of fused-ring (bicyclic) bond motifs is 3. The highest BCUT2D eigenvalue weighted by Crippen LogP contribution is 2.30. The molecular weight excluding hydrogens is 350 g/mol. The lowest BCUT2D eigenvalue weighted by molar-refractivity contribution is -0.0498. The average molecular weight is 360 g/mol. The van der Waals surface area contributed by atoms with Crippen LogP contribution in [0.3, 0.4) is 0 Å². The summed E-state index contributed by atoms with van der Waals surface area (Å²) in [5, 5.41) is 0.771. The minimum atomic E-state index is -2.89. The smallest absolute Gasteiger partial charge is 0.387 e. The summed E-state index contributed by atoms with van der Waals surface area (Å²) >= 11 is 1.25. The highest BCUT2D eigenvalue weighted by molar-refractivity contribution is 7.25. The molecule has 0 aliphatic heterocycles. The fourth-order valence-electron chi connectivity index (χ4n) is 2.58. The molecule has 0 saturated heterocycles. The van der Waals surface area contributed by atoms with Gasteiger partial charge in [-0.3, -0.25) is 9.36 Å². The third-order valence-electron chi connectivity index (χ3n) is 3.71. The number of aryl methyl sites for hydroxylation is 1. The second-order valence-electron chi connectivity index (χ2n) is 5.21. The number of rotatable bonds is 3. The Hall–Kier alpha value is -2.94. The van der Waals surface area contributed by atoms with E-state index in [9.17, 15) is 13.6 Å². The van der Waals surface area contributed by atoms with Gasteiger partial charge in [-0.2, -0.15) is 8.78 Å². The van der Waals surface area contributed by atoms with Crippen molar-refractivity contribution in [1.82, 2.24) is 19.5 Å². The molecule has 0 fully saturated rings. The van der Waals surface area contributed by atoms with E-state index in [4.69, 9.17) is 0 Å². The quantitative estimate of drug-likeness (QED) is 0.561. The van der Waals surface area contributed by atoms with E-state index in [1.165, 1.54) is 52.8 Å². The van der Waals surface area contributed by atoms with Gasteiger partial charge in [0, 0.05) is 0 Å². The van der Waals surface area contributed by atoms with Gasteiger partial charge in [0.05, 0.1) is 22.3 Å². The van der Waals surface area contributed by atoms with Crippen LogP contribution in [0.5, 0.6) is 5.75 Å². The van der Waals surface area contributed by atoms with Crippen molar-refractivity contribution in [2.24, 2.45) is 0 Å². The zero-order valence-corrected chi connectivity index (χ0v) is 13.6. The Morgan fingerprint density at radius 3 is 2.64 bits per heavy atom. The molecule has 6 nitrogen and oxygen atoms in total. The highest BCUT2D eigenvalue weighted by atomic mass is 32.1. The molecule has 3 aromatic heterocycles. The summed E-state index contributed by atoms with van der Waals surface area (Å²) in [5.41, 5.74) is 1.57. The van der Waals surface area contributed by atoms with E-state index in [0.717, 1.165) is 11.1 Å². The van der Waals surface area contributed by atoms with Crippen molar-refractivity contribution in [3.63, 3.8) is 0 Å². The molecule has 0 N–H and O–H groups in total. The van der Waals surface area contributed by atoms with Crippen LogP contribution in [-0.4, -0.2) is 26.1 Å². The Bertz CT molecular complexity index is 1140. The molecule has 0 aliphatic carbocycles. The van der Waals surface area contributed by atoms with Crippen molar-refractivity contribution in [1.29, 1.82) is 0 Å². The Morgan fingerprint density at radius 2 is 1.92 bits per heavy atom. The molecule has 0 amide bonds. The van der Waals surface area contributed by atoms with Crippen LogP contribution in [0.25, 0.3) is 26.1 Å². The van der Waals surface area contributed by atoms with Gasteiger partial charge in [0.2, 0.25) is 0 Å². The number of thiophene rings is 1. The van der Waals surface area contributed by atoms with Crippen molar-refractivity contribution in [2.75, 3.05) is 0 Å². The van der Waals surface area contributed by atoms with Crippen LogP contribution < -0.4 is 10.3 Å². The van der Waals surface area contributed by atoms with Gasteiger partial charge in [-0.1, -0.05) is 0 Å². The molecule has 0 aliphatic rings. The summed E-state index contributed by atoms with van der Waals surface area (Å²) in [5.74, 6) is 0.0218. The van der Waals surface area contributed by atoms with E-state index in [-0.39, 0.29) is 11.3 Å². The van der Waals surface area contributed by atoms with E-state index in [1.54, 1.807) is 0 Å². The summed E-state index contributed by atoms with van der Waals surface area (Å²) in [7, 11) is 0. The number of nitrogens with zero attached hydrogens (tertiary/aromatic N) is 4. The van der Waals surface area contributed by atoms with Crippen molar-refractivity contribution in [3.05, 3.63) is 53.0 Å². The SMILES string of the molecule is Cc1ncnc2sc3c(=O)n(-c4ccc(OC(F)F)cc4)cnc3c12. The second kappa shape index (κ2) is 5.85. The molecule has 0 atom stereocenters. The molecule has 0 spiro atoms. The Morgan fingerprint density at radius 1 is 1.16 bits per heavy atom. The van der Waals surface area contributed by atoms with Gasteiger partial charge in [0.25, 0.3) is 5.56 Å². The number of benzene rings is 1. The average Bonchev–Trinajstić information content (AvgIpc) is 2.97. The number of hydrogen-bond acceptors (Lipinski definition) is 6. The standard InChI is InChI=1S/C16H10F2N4O2S/c1-8-11-12-13(25-14(11)20-6-19-8)15(23)22(7-21-12)9-2-4-10(5-3-9)24-16(17)18/h2-7,16H,1H3. The molecule has 9 heteroatoms. The van der Waals surface area contributed by atoms with Gasteiger partial charge in [0.15, 0.2) is 0 Å². The van der Waals surface area contributed by atoms with Gasteiger partial charge in [-0.05, 0) is 31.2 Å². The largest absolute Gasteiger partial charge is 0.435 e. The Kier molecular flexibility index (Phi) is 3.65. The van der Waals surface area contributed by atoms with Crippen LogP contribution in [0.4, 0.5) is 8.78 Å². The van der Waals surface area contributed by atoms with Crippen molar-refractivity contribution in [3.8, 4) is 11.4 Å². The lowest BCUT2D eigenvalue weighted by atomic mass is 10.2. The molecule has 0 unspecified atom stereocenters. The number of ether oxygens (including phenoxy) is 1. The first-order valence-corrected chi connectivity index (χ1v) is 8.03. The zero-order valence-electron chi connectivity index (χ0n) is 12.8. The van der Waals surface area contributed by atoms with E-state index in [2.05, 4.69) is 19.7 Å². The number of alkyl halides is 2. The lowest BCUT2D eigenvalue weighted by Crippen LogP contribution is -2.17. The van der Waals surface area contributed by atoms with Crippen LogP contribution in [0.1, 0.15) is 5.69 Å². The molecule has 1 aromatic carbocycles. The fraction of sp³-hybridized carbons (Fsp3) is 0.125. The summed E-state index contributed by atoms with van der Waals surface area (Å²) in [6.07, 6.45) is 2.86. The van der Waals surface area contributed by atoms with Crippen molar-refractivity contribution < 1.29 is 13.5 Å². The maximum absolute atomic E-state index is 12.8. The normalized spacial score (nSPS) is 11.5. The molecular formula is C16H10F2N4O2S. The second-order valence-corrected chi connectivity index (χ2v) is 6.21. The van der Waals surface area contributed by atoms with Gasteiger partial charge in [-0.15, -0.1) is 11.3 Å². The topological polar surface area (TPSA) is 69.9 Å². The van der Waals surface area contributed by atoms with E-state index in [0.29, 0.717) is 20.7 Å². The Balaban J connectivity index is 1.86. The first kappa shape index (κ1) is 15.6. The zero-order chi connectivity index (χ0) is 17.6. The monoisotopic (exact) mass is 360 g/mol. The summed E-state index contributed by atoms with van der Waals surface area (Å²) in [6, 6.07) is 5.79. The molecule has 0 bridgehead atoms. The molecule has 0 radical (unpaired) electrons. The van der Waals surface area contributed by atoms with Crippen LogP contribution in [-0.2, 0) is 0 Å². The van der Waals surface area contributed by atoms with Crippen LogP contribution in [0.2, 0.25) is 0 Å². The maximum atomic E-state index is 12.8. The molecule has 126 valence electrons. The third kappa shape index (κ3) is 2.62. The minimum Gasteiger partial charge on any atom is -0.435 e. The Labute approximate surface area is 143 Å². The van der Waals surface area contributed by atoms with Crippen molar-refractivity contribution in [2.45, 2.75) is 13.5 Å². The summed E-state index contributed by atoms with van der Waals surface area (Å²) in [4.78, 5) is 26.2. The maximum Gasteiger partial charge on any atom is 0.387 e. The van der Waals surface area contributed by atoms with Gasteiger partial charge >= 0.3 is 6.61 Å². The number of aromatic nitrogens is 4. The molecule has 25 heavy (non-hydrogen) atoms. The predicted molar refractivity (Wildman–Crippen MR) is 89.7 cm³/mol. The lowest BCUT2D eigenvalue weighted by Gasteiger charge is -2.07. The summed E-state index contributed by atoms with van der Waals surface area (Å²) in [6.45, 7) is -1.06. The predicted octanol–water partition coefficient (Wildman–Crippen LogP) is 3.30. The van der Waals surface area contributed by atoms with Crippen LogP contribution in [0.15, 0.2) is 41.7 Å². The van der Waals surface area contributed by atoms with E-state index >= 15 is 0 Å². The molecule has 3 heterocycles.